The summed E-state index contributed by atoms with van der Waals surface area (Å²) in [5.41, 5.74) is 0.437. The van der Waals surface area contributed by atoms with E-state index in [1.54, 1.807) is 0 Å². The van der Waals surface area contributed by atoms with Crippen molar-refractivity contribution in [1.82, 2.24) is 4.90 Å². The maximum absolute atomic E-state index is 10.7. The van der Waals surface area contributed by atoms with E-state index in [1.165, 1.54) is 45.1 Å². The highest BCUT2D eigenvalue weighted by Gasteiger charge is 2.37. The zero-order valence-corrected chi connectivity index (χ0v) is 12.5. The highest BCUT2D eigenvalue weighted by Crippen LogP contribution is 2.40. The third kappa shape index (κ3) is 3.95. The number of hydrogen-bond donors (Lipinski definition) is 1. The lowest BCUT2D eigenvalue weighted by Gasteiger charge is -2.48. The molecule has 0 amide bonds. The summed E-state index contributed by atoms with van der Waals surface area (Å²) in [6.45, 7) is 7.18. The number of hydrogen-bond acceptors (Lipinski definition) is 2. The second kappa shape index (κ2) is 6.25. The summed E-state index contributed by atoms with van der Waals surface area (Å²) in [5.74, 6) is -0.0438. The summed E-state index contributed by atoms with van der Waals surface area (Å²) >= 11 is 0. The fraction of sp³-hybridized carbons (Fsp3) is 0.938. The molecule has 0 bridgehead atoms. The van der Waals surface area contributed by atoms with Crippen molar-refractivity contribution in [2.75, 3.05) is 13.1 Å². The van der Waals surface area contributed by atoms with Crippen LogP contribution in [0.25, 0.3) is 0 Å². The van der Waals surface area contributed by atoms with E-state index in [-0.39, 0.29) is 0 Å². The molecule has 0 aromatic heterocycles. The number of carboxylic acid groups (broad SMARTS) is 1. The normalized spacial score (nSPS) is 32.1. The van der Waals surface area contributed by atoms with Crippen molar-refractivity contribution in [1.29, 1.82) is 0 Å². The van der Waals surface area contributed by atoms with Crippen LogP contribution in [0.15, 0.2) is 0 Å². The molecule has 0 aromatic carbocycles. The van der Waals surface area contributed by atoms with Crippen molar-refractivity contribution in [2.24, 2.45) is 11.3 Å². The first-order valence-electron chi connectivity index (χ1n) is 7.95. The van der Waals surface area contributed by atoms with Crippen LogP contribution in [0.1, 0.15) is 65.2 Å². The second-order valence-corrected chi connectivity index (χ2v) is 7.19. The van der Waals surface area contributed by atoms with E-state index in [1.807, 2.05) is 0 Å². The third-order valence-electron chi connectivity index (χ3n) is 5.21. The van der Waals surface area contributed by atoms with E-state index in [2.05, 4.69) is 18.7 Å². The number of aliphatic carboxylic acids is 1. The van der Waals surface area contributed by atoms with E-state index in [0.717, 1.165) is 13.0 Å². The lowest BCUT2D eigenvalue weighted by Crippen LogP contribution is -2.50. The Bertz CT molecular complexity index is 314. The van der Waals surface area contributed by atoms with Crippen LogP contribution in [0.2, 0.25) is 0 Å². The van der Waals surface area contributed by atoms with Crippen LogP contribution >= 0.6 is 0 Å². The average molecular weight is 267 g/mol. The molecular weight excluding hydrogens is 238 g/mol. The van der Waals surface area contributed by atoms with E-state index in [4.69, 9.17) is 5.11 Å². The molecule has 0 radical (unpaired) electrons. The minimum Gasteiger partial charge on any atom is -0.481 e. The minimum absolute atomic E-state index is 0.340. The molecule has 110 valence electrons. The van der Waals surface area contributed by atoms with Crippen LogP contribution in [0, 0.1) is 11.3 Å². The van der Waals surface area contributed by atoms with Crippen molar-refractivity contribution in [3.05, 3.63) is 0 Å². The predicted octanol–water partition coefficient (Wildman–Crippen LogP) is 3.53. The summed E-state index contributed by atoms with van der Waals surface area (Å²) in [6.07, 6.45) is 9.08. The lowest BCUT2D eigenvalue weighted by molar-refractivity contribution is -0.137. The Balaban J connectivity index is 1.90. The molecule has 3 nitrogen and oxygen atoms in total. The molecule has 1 aliphatic carbocycles. The van der Waals surface area contributed by atoms with Crippen LogP contribution in [-0.2, 0) is 4.79 Å². The first kappa shape index (κ1) is 14.8. The zero-order valence-electron chi connectivity index (χ0n) is 12.5. The molecule has 1 saturated heterocycles. The van der Waals surface area contributed by atoms with Gasteiger partial charge >= 0.3 is 5.97 Å². The van der Waals surface area contributed by atoms with Gasteiger partial charge in [0.05, 0.1) is 0 Å². The number of carbonyl (C=O) groups is 1. The van der Waals surface area contributed by atoms with Crippen LogP contribution in [0.3, 0.4) is 0 Å². The molecule has 2 atom stereocenters. The van der Waals surface area contributed by atoms with Gasteiger partial charge in [0.1, 0.15) is 0 Å². The first-order chi connectivity index (χ1) is 8.99. The van der Waals surface area contributed by atoms with Crippen molar-refractivity contribution < 1.29 is 9.90 Å². The van der Waals surface area contributed by atoms with Crippen molar-refractivity contribution in [3.63, 3.8) is 0 Å². The topological polar surface area (TPSA) is 40.5 Å². The number of rotatable bonds is 4. The Morgan fingerprint density at radius 3 is 2.74 bits per heavy atom. The monoisotopic (exact) mass is 267 g/mol. The summed E-state index contributed by atoms with van der Waals surface area (Å²) in [5, 5.41) is 8.83. The highest BCUT2D eigenvalue weighted by atomic mass is 16.4. The zero-order chi connectivity index (χ0) is 13.9. The van der Waals surface area contributed by atoms with Gasteiger partial charge in [-0.05, 0) is 50.0 Å². The highest BCUT2D eigenvalue weighted by molar-refractivity contribution is 5.66. The maximum Gasteiger partial charge on any atom is 0.303 e. The summed E-state index contributed by atoms with van der Waals surface area (Å²) < 4.78 is 0. The Morgan fingerprint density at radius 2 is 2.05 bits per heavy atom. The molecule has 19 heavy (non-hydrogen) atoms. The Labute approximate surface area is 117 Å². The van der Waals surface area contributed by atoms with Gasteiger partial charge in [0.25, 0.3) is 0 Å². The molecule has 0 aromatic rings. The van der Waals surface area contributed by atoms with Gasteiger partial charge in [0, 0.05) is 19.0 Å². The molecule has 1 saturated carbocycles. The third-order valence-corrected chi connectivity index (χ3v) is 5.21. The quantitative estimate of drug-likeness (QED) is 0.847. The Hall–Kier alpha value is -0.570. The Morgan fingerprint density at radius 1 is 1.26 bits per heavy atom. The molecule has 2 fully saturated rings. The molecule has 1 aliphatic heterocycles. The fourth-order valence-corrected chi connectivity index (χ4v) is 4.10. The largest absolute Gasteiger partial charge is 0.481 e. The summed E-state index contributed by atoms with van der Waals surface area (Å²) in [7, 11) is 0. The SMILES string of the molecule is CC1(C)CCCCC1N1CCCC(CCC(=O)O)C1. The van der Waals surface area contributed by atoms with Gasteiger partial charge in [-0.25, -0.2) is 0 Å². The van der Waals surface area contributed by atoms with Crippen molar-refractivity contribution >= 4 is 5.97 Å². The maximum atomic E-state index is 10.7. The molecular formula is C16H29NO2. The van der Waals surface area contributed by atoms with E-state index < -0.39 is 5.97 Å². The van der Waals surface area contributed by atoms with E-state index >= 15 is 0 Å². The van der Waals surface area contributed by atoms with Gasteiger partial charge in [0.2, 0.25) is 0 Å². The van der Waals surface area contributed by atoms with Gasteiger partial charge in [-0.15, -0.1) is 0 Å². The average Bonchev–Trinajstić information content (AvgIpc) is 2.36. The van der Waals surface area contributed by atoms with Gasteiger partial charge in [-0.3, -0.25) is 9.69 Å². The molecule has 2 aliphatic rings. The molecule has 2 unspecified atom stereocenters. The molecule has 1 N–H and O–H groups in total. The molecule has 3 heteroatoms. The number of likely N-dealkylation sites (tertiary alicyclic amines) is 1. The standard InChI is InChI=1S/C16H29NO2/c1-16(2)10-4-3-7-14(16)17-11-5-6-13(12-17)8-9-15(18)19/h13-14H,3-12H2,1-2H3,(H,18,19). The summed E-state index contributed by atoms with van der Waals surface area (Å²) in [6, 6.07) is 0.717. The van der Waals surface area contributed by atoms with Crippen LogP contribution < -0.4 is 0 Å². The van der Waals surface area contributed by atoms with E-state index in [0.29, 0.717) is 23.8 Å². The molecule has 1 heterocycles. The van der Waals surface area contributed by atoms with Crippen LogP contribution in [-0.4, -0.2) is 35.1 Å². The molecule has 0 spiro atoms. The fourth-order valence-electron chi connectivity index (χ4n) is 4.10. The number of piperidine rings is 1. The smallest absolute Gasteiger partial charge is 0.303 e. The number of nitrogens with zero attached hydrogens (tertiary/aromatic N) is 1. The van der Waals surface area contributed by atoms with Gasteiger partial charge in [-0.1, -0.05) is 26.7 Å². The predicted molar refractivity (Wildman–Crippen MR) is 77.2 cm³/mol. The van der Waals surface area contributed by atoms with Gasteiger partial charge in [-0.2, -0.15) is 0 Å². The Kier molecular flexibility index (Phi) is 4.88. The second-order valence-electron chi connectivity index (χ2n) is 7.19. The molecule has 2 rings (SSSR count). The van der Waals surface area contributed by atoms with Crippen LogP contribution in [0.5, 0.6) is 0 Å². The van der Waals surface area contributed by atoms with E-state index in [9.17, 15) is 4.79 Å². The van der Waals surface area contributed by atoms with Crippen molar-refractivity contribution in [3.8, 4) is 0 Å². The van der Waals surface area contributed by atoms with Crippen molar-refractivity contribution in [2.45, 2.75) is 71.3 Å². The minimum atomic E-state index is -0.643. The lowest BCUT2D eigenvalue weighted by atomic mass is 9.72. The summed E-state index contributed by atoms with van der Waals surface area (Å²) in [4.78, 5) is 13.4. The van der Waals surface area contributed by atoms with Crippen LogP contribution in [0.4, 0.5) is 0 Å². The first-order valence-corrected chi connectivity index (χ1v) is 7.95. The number of carboxylic acids is 1. The van der Waals surface area contributed by atoms with Gasteiger partial charge < -0.3 is 5.11 Å². The van der Waals surface area contributed by atoms with Gasteiger partial charge in [0.15, 0.2) is 0 Å².